The zero-order chi connectivity index (χ0) is 19.4. The van der Waals surface area contributed by atoms with Crippen LogP contribution in [0.15, 0.2) is 39.9 Å². The second kappa shape index (κ2) is 8.11. The highest BCUT2D eigenvalue weighted by Gasteiger charge is 2.19. The van der Waals surface area contributed by atoms with Crippen molar-refractivity contribution in [1.29, 1.82) is 0 Å². The molecule has 0 saturated carbocycles. The molecule has 0 N–H and O–H groups in total. The molecule has 3 rings (SSSR count). The topological polar surface area (TPSA) is 81.2 Å². The van der Waals surface area contributed by atoms with Crippen molar-refractivity contribution in [3.8, 4) is 11.3 Å². The number of unbranched alkanes of at least 4 members (excludes halogenated alkanes) is 1. The lowest BCUT2D eigenvalue weighted by Crippen LogP contribution is -2.37. The largest absolute Gasteiger partial charge is 0.341 e. The monoisotopic (exact) mass is 372 g/mol. The van der Waals surface area contributed by atoms with Crippen LogP contribution in [0, 0.1) is 5.82 Å². The number of hydrogen-bond donors (Lipinski definition) is 0. The Morgan fingerprint density at radius 1 is 1.26 bits per heavy atom. The summed E-state index contributed by atoms with van der Waals surface area (Å²) in [7, 11) is 0. The summed E-state index contributed by atoms with van der Waals surface area (Å²) in [6, 6.07) is 5.58. The van der Waals surface area contributed by atoms with Crippen LogP contribution in [0.2, 0.25) is 0 Å². The number of hydrogen-bond acceptors (Lipinski definition) is 5. The van der Waals surface area contributed by atoms with Crippen LogP contribution in [0.25, 0.3) is 22.4 Å². The van der Waals surface area contributed by atoms with Crippen LogP contribution >= 0.6 is 0 Å². The number of carbonyl (C=O) groups is 1. The Kier molecular flexibility index (Phi) is 5.63. The highest BCUT2D eigenvalue weighted by atomic mass is 19.1. The second-order valence-electron chi connectivity index (χ2n) is 6.22. The fraction of sp³-hybridized carbons (Fsp3) is 0.368. The fourth-order valence-corrected chi connectivity index (χ4v) is 2.85. The van der Waals surface area contributed by atoms with Crippen molar-refractivity contribution in [2.75, 3.05) is 13.1 Å². The van der Waals surface area contributed by atoms with E-state index in [0.29, 0.717) is 18.7 Å². The Bertz CT molecular complexity index is 994. The summed E-state index contributed by atoms with van der Waals surface area (Å²) in [6.07, 6.45) is 3.18. The molecule has 0 unspecified atom stereocenters. The molecule has 7 nitrogen and oxygen atoms in total. The van der Waals surface area contributed by atoms with E-state index in [1.54, 1.807) is 4.90 Å². The zero-order valence-electron chi connectivity index (χ0n) is 15.3. The molecule has 0 fully saturated rings. The van der Waals surface area contributed by atoms with E-state index in [2.05, 4.69) is 17.1 Å². The van der Waals surface area contributed by atoms with Crippen LogP contribution in [0.5, 0.6) is 0 Å². The summed E-state index contributed by atoms with van der Waals surface area (Å²) >= 11 is 0. The summed E-state index contributed by atoms with van der Waals surface area (Å²) in [5.41, 5.74) is 0.487. The third kappa shape index (κ3) is 3.89. The molecule has 3 aromatic rings. The fourth-order valence-electron chi connectivity index (χ4n) is 2.85. The Hall–Kier alpha value is -3.03. The Morgan fingerprint density at radius 3 is 2.67 bits per heavy atom. The summed E-state index contributed by atoms with van der Waals surface area (Å²) in [5.74, 6) is -0.534. The van der Waals surface area contributed by atoms with Crippen molar-refractivity contribution in [3.63, 3.8) is 0 Å². The number of likely N-dealkylation sites (N-methyl/N-ethyl adjacent to an activating group) is 1. The highest BCUT2D eigenvalue weighted by Crippen LogP contribution is 2.24. The Morgan fingerprint density at radius 2 is 2.00 bits per heavy atom. The average Bonchev–Trinajstić information content (AvgIpc) is 3.10. The van der Waals surface area contributed by atoms with Gasteiger partial charge < -0.3 is 9.42 Å². The lowest BCUT2D eigenvalue weighted by Gasteiger charge is -2.20. The van der Waals surface area contributed by atoms with Gasteiger partial charge in [0.2, 0.25) is 5.91 Å². The van der Waals surface area contributed by atoms with E-state index >= 15 is 0 Å². The van der Waals surface area contributed by atoms with Crippen molar-refractivity contribution in [2.24, 2.45) is 0 Å². The molecule has 0 aliphatic rings. The number of fused-ring (bicyclic) bond motifs is 1. The van der Waals surface area contributed by atoms with Gasteiger partial charge in [-0.25, -0.2) is 9.37 Å². The number of aromatic nitrogens is 3. The van der Waals surface area contributed by atoms with Crippen molar-refractivity contribution in [1.82, 2.24) is 19.6 Å². The number of carbonyl (C=O) groups excluding carboxylic acids is 1. The predicted molar refractivity (Wildman–Crippen MR) is 98.6 cm³/mol. The minimum atomic E-state index is -0.416. The molecule has 0 radical (unpaired) electrons. The number of halogens is 1. The van der Waals surface area contributed by atoms with Crippen LogP contribution in [-0.4, -0.2) is 38.6 Å². The van der Waals surface area contributed by atoms with E-state index in [4.69, 9.17) is 4.52 Å². The van der Waals surface area contributed by atoms with Crippen molar-refractivity contribution in [3.05, 3.63) is 46.8 Å². The molecule has 1 amide bonds. The molecular formula is C19H21FN4O3. The lowest BCUT2D eigenvalue weighted by molar-refractivity contribution is -0.131. The first kappa shape index (κ1) is 18.8. The van der Waals surface area contributed by atoms with Crippen LogP contribution in [0.3, 0.4) is 0 Å². The summed E-state index contributed by atoms with van der Waals surface area (Å²) in [6.45, 7) is 5.10. The smallest absolute Gasteiger partial charge is 0.267 e. The van der Waals surface area contributed by atoms with Gasteiger partial charge in [0.25, 0.3) is 11.3 Å². The quantitative estimate of drug-likeness (QED) is 0.637. The third-order valence-corrected chi connectivity index (χ3v) is 4.40. The maximum Gasteiger partial charge on any atom is 0.267 e. The van der Waals surface area contributed by atoms with Crippen molar-refractivity contribution >= 4 is 17.0 Å². The molecule has 0 bridgehead atoms. The molecule has 8 heteroatoms. The molecule has 27 heavy (non-hydrogen) atoms. The number of rotatable bonds is 7. The first-order valence-corrected chi connectivity index (χ1v) is 8.93. The summed E-state index contributed by atoms with van der Waals surface area (Å²) in [4.78, 5) is 31.2. The second-order valence-corrected chi connectivity index (χ2v) is 6.22. The minimum Gasteiger partial charge on any atom is -0.341 e. The first-order chi connectivity index (χ1) is 13.0. The molecule has 0 aliphatic heterocycles. The van der Waals surface area contributed by atoms with Gasteiger partial charge in [-0.15, -0.1) is 0 Å². The Balaban J connectivity index is 1.95. The standard InChI is InChI=1S/C19H21FN4O3/c1-3-5-10-23(4-2)15(25)11-24-12-21-18-16(19(24)26)17(22-27-18)13-6-8-14(20)9-7-13/h6-9,12H,3-5,10-11H2,1-2H3. The first-order valence-electron chi connectivity index (χ1n) is 8.93. The van der Waals surface area contributed by atoms with Crippen LogP contribution < -0.4 is 5.56 Å². The van der Waals surface area contributed by atoms with Gasteiger partial charge in [0, 0.05) is 18.7 Å². The molecule has 142 valence electrons. The van der Waals surface area contributed by atoms with Gasteiger partial charge in [-0.05, 0) is 37.6 Å². The number of amides is 1. The average molecular weight is 372 g/mol. The van der Waals surface area contributed by atoms with Gasteiger partial charge in [0.1, 0.15) is 29.8 Å². The van der Waals surface area contributed by atoms with E-state index in [1.165, 1.54) is 35.2 Å². The highest BCUT2D eigenvalue weighted by molar-refractivity contribution is 5.88. The molecule has 1 aromatic carbocycles. The molecule has 2 aromatic heterocycles. The van der Waals surface area contributed by atoms with Gasteiger partial charge >= 0.3 is 0 Å². The van der Waals surface area contributed by atoms with Crippen LogP contribution in [-0.2, 0) is 11.3 Å². The van der Waals surface area contributed by atoms with E-state index in [9.17, 15) is 14.0 Å². The van der Waals surface area contributed by atoms with Crippen molar-refractivity contribution < 1.29 is 13.7 Å². The molecule has 0 spiro atoms. The Labute approximate surface area is 155 Å². The van der Waals surface area contributed by atoms with Gasteiger partial charge in [0.05, 0.1) is 0 Å². The predicted octanol–water partition coefficient (Wildman–Crippen LogP) is 2.84. The molecule has 0 aliphatic carbocycles. The maximum absolute atomic E-state index is 13.2. The molecule has 0 atom stereocenters. The number of nitrogens with zero attached hydrogens (tertiary/aromatic N) is 4. The normalized spacial score (nSPS) is 11.1. The van der Waals surface area contributed by atoms with Gasteiger partial charge in [-0.2, -0.15) is 0 Å². The zero-order valence-corrected chi connectivity index (χ0v) is 15.3. The SMILES string of the molecule is CCCCN(CC)C(=O)Cn1cnc2onc(-c3ccc(F)cc3)c2c1=O. The summed E-state index contributed by atoms with van der Waals surface area (Å²) in [5, 5.41) is 4.07. The van der Waals surface area contributed by atoms with E-state index in [-0.39, 0.29) is 35.1 Å². The van der Waals surface area contributed by atoms with Crippen LogP contribution in [0.4, 0.5) is 4.39 Å². The van der Waals surface area contributed by atoms with Gasteiger partial charge in [-0.3, -0.25) is 14.2 Å². The number of benzene rings is 1. The third-order valence-electron chi connectivity index (χ3n) is 4.40. The van der Waals surface area contributed by atoms with E-state index in [1.807, 2.05) is 6.92 Å². The molecule has 2 heterocycles. The molecule has 0 saturated heterocycles. The minimum absolute atomic E-state index is 0.0846. The summed E-state index contributed by atoms with van der Waals surface area (Å²) < 4.78 is 19.5. The van der Waals surface area contributed by atoms with Crippen molar-refractivity contribution in [2.45, 2.75) is 33.2 Å². The van der Waals surface area contributed by atoms with Gasteiger partial charge in [0.15, 0.2) is 0 Å². The van der Waals surface area contributed by atoms with Gasteiger partial charge in [-0.1, -0.05) is 18.5 Å². The lowest BCUT2D eigenvalue weighted by atomic mass is 10.1. The van der Waals surface area contributed by atoms with E-state index < -0.39 is 5.56 Å². The van der Waals surface area contributed by atoms with Crippen LogP contribution in [0.1, 0.15) is 26.7 Å². The van der Waals surface area contributed by atoms with E-state index in [0.717, 1.165) is 12.8 Å². The maximum atomic E-state index is 13.2. The molecular weight excluding hydrogens is 351 g/mol.